The van der Waals surface area contributed by atoms with Crippen LogP contribution in [0.1, 0.15) is 32.3 Å². The molecular formula is C14H22N2O2. The van der Waals surface area contributed by atoms with Crippen molar-refractivity contribution in [3.8, 4) is 0 Å². The lowest BCUT2D eigenvalue weighted by atomic mass is 9.93. The van der Waals surface area contributed by atoms with Gasteiger partial charge in [0.1, 0.15) is 0 Å². The van der Waals surface area contributed by atoms with Crippen LogP contribution in [0.3, 0.4) is 0 Å². The predicted octanol–water partition coefficient (Wildman–Crippen LogP) is 1.99. The number of amides is 2. The molecule has 1 atom stereocenters. The zero-order valence-electron chi connectivity index (χ0n) is 11.1. The van der Waals surface area contributed by atoms with Crippen LogP contribution in [0.5, 0.6) is 0 Å². The largest absolute Gasteiger partial charge is 0.394 e. The van der Waals surface area contributed by atoms with E-state index >= 15 is 0 Å². The summed E-state index contributed by atoms with van der Waals surface area (Å²) in [5.41, 5.74) is 0.135. The van der Waals surface area contributed by atoms with Gasteiger partial charge in [-0.15, -0.1) is 0 Å². The summed E-state index contributed by atoms with van der Waals surface area (Å²) in [5.74, 6) is 0. The average molecular weight is 250 g/mol. The minimum atomic E-state index is -0.752. The lowest BCUT2D eigenvalue weighted by molar-refractivity contribution is 0.171. The van der Waals surface area contributed by atoms with Gasteiger partial charge in [0, 0.05) is 6.54 Å². The Hall–Kier alpha value is -1.55. The molecule has 0 saturated carbocycles. The minimum Gasteiger partial charge on any atom is -0.394 e. The number of hydrogen-bond donors (Lipinski definition) is 3. The molecule has 1 rings (SSSR count). The van der Waals surface area contributed by atoms with Crippen LogP contribution >= 0.6 is 0 Å². The Kier molecular flexibility index (Phi) is 5.65. The van der Waals surface area contributed by atoms with E-state index in [1.807, 2.05) is 37.3 Å². The number of rotatable bonds is 6. The van der Waals surface area contributed by atoms with Crippen LogP contribution in [0.15, 0.2) is 30.3 Å². The summed E-state index contributed by atoms with van der Waals surface area (Å²) in [6.07, 6.45) is 1.99. The lowest BCUT2D eigenvalue weighted by Gasteiger charge is -2.29. The number of aliphatic hydroxyl groups excluding tert-OH is 1. The van der Waals surface area contributed by atoms with Gasteiger partial charge in [0.05, 0.1) is 12.1 Å². The van der Waals surface area contributed by atoms with Crippen molar-refractivity contribution in [3.63, 3.8) is 0 Å². The highest BCUT2D eigenvalue weighted by Crippen LogP contribution is 2.19. The fourth-order valence-electron chi connectivity index (χ4n) is 1.68. The summed E-state index contributed by atoms with van der Waals surface area (Å²) in [5, 5.41) is 15.1. The summed E-state index contributed by atoms with van der Waals surface area (Å²) in [6, 6.07) is 9.22. The Morgan fingerprint density at radius 1 is 1.33 bits per heavy atom. The molecule has 1 unspecified atom stereocenters. The highest BCUT2D eigenvalue weighted by Gasteiger charge is 2.27. The Labute approximate surface area is 108 Å². The van der Waals surface area contributed by atoms with Crippen molar-refractivity contribution in [2.24, 2.45) is 0 Å². The molecule has 3 N–H and O–H groups in total. The zero-order valence-corrected chi connectivity index (χ0v) is 11.1. The van der Waals surface area contributed by atoms with E-state index in [4.69, 9.17) is 0 Å². The maximum absolute atomic E-state index is 11.7. The standard InChI is InChI=1S/C14H22N2O2/c1-3-4-10-15-13(18)16-14(2,11-17)12-8-6-5-7-9-12/h5-9,17H,3-4,10-11H2,1-2H3,(H2,15,16,18). The second-order valence-electron chi connectivity index (χ2n) is 4.59. The number of nitrogens with one attached hydrogen (secondary N) is 2. The maximum atomic E-state index is 11.7. The van der Waals surface area contributed by atoms with Gasteiger partial charge in [0.15, 0.2) is 0 Å². The molecule has 18 heavy (non-hydrogen) atoms. The molecule has 1 aromatic carbocycles. The van der Waals surface area contributed by atoms with E-state index in [2.05, 4.69) is 17.6 Å². The fraction of sp³-hybridized carbons (Fsp3) is 0.500. The van der Waals surface area contributed by atoms with Gasteiger partial charge in [-0.2, -0.15) is 0 Å². The van der Waals surface area contributed by atoms with Crippen molar-refractivity contribution in [2.45, 2.75) is 32.2 Å². The molecule has 4 nitrogen and oxygen atoms in total. The molecule has 4 heteroatoms. The number of hydrogen-bond acceptors (Lipinski definition) is 2. The summed E-state index contributed by atoms with van der Waals surface area (Å²) in [6.45, 7) is 4.39. The first kappa shape index (κ1) is 14.5. The lowest BCUT2D eigenvalue weighted by Crippen LogP contribution is -2.50. The van der Waals surface area contributed by atoms with E-state index in [9.17, 15) is 9.90 Å². The number of carbonyl (C=O) groups is 1. The Morgan fingerprint density at radius 2 is 2.00 bits per heavy atom. The van der Waals surface area contributed by atoms with Crippen molar-refractivity contribution in [2.75, 3.05) is 13.2 Å². The van der Waals surface area contributed by atoms with Crippen LogP contribution in [-0.4, -0.2) is 24.3 Å². The molecule has 0 fully saturated rings. The molecule has 0 aliphatic heterocycles. The molecule has 1 aromatic rings. The quantitative estimate of drug-likeness (QED) is 0.676. The molecular weight excluding hydrogens is 228 g/mol. The molecule has 0 bridgehead atoms. The highest BCUT2D eigenvalue weighted by molar-refractivity contribution is 5.75. The van der Waals surface area contributed by atoms with Crippen LogP contribution in [0.4, 0.5) is 4.79 Å². The van der Waals surface area contributed by atoms with Gasteiger partial charge in [-0.25, -0.2) is 4.79 Å². The average Bonchev–Trinajstić information content (AvgIpc) is 2.40. The third kappa shape index (κ3) is 4.04. The van der Waals surface area contributed by atoms with E-state index in [0.717, 1.165) is 18.4 Å². The minimum absolute atomic E-state index is 0.141. The molecule has 100 valence electrons. The molecule has 0 spiro atoms. The predicted molar refractivity (Wildman–Crippen MR) is 72.3 cm³/mol. The summed E-state index contributed by atoms with van der Waals surface area (Å²) in [7, 11) is 0. The monoisotopic (exact) mass is 250 g/mol. The third-order valence-electron chi connectivity index (χ3n) is 2.93. The molecule has 0 aliphatic rings. The number of aliphatic hydroxyl groups is 1. The van der Waals surface area contributed by atoms with Crippen LogP contribution in [-0.2, 0) is 5.54 Å². The number of unbranched alkanes of at least 4 members (excludes halogenated alkanes) is 1. The maximum Gasteiger partial charge on any atom is 0.315 e. The van der Waals surface area contributed by atoms with E-state index < -0.39 is 5.54 Å². The second kappa shape index (κ2) is 7.01. The fourth-order valence-corrected chi connectivity index (χ4v) is 1.68. The first-order chi connectivity index (χ1) is 8.62. The van der Waals surface area contributed by atoms with Crippen molar-refractivity contribution in [1.82, 2.24) is 10.6 Å². The van der Waals surface area contributed by atoms with Crippen LogP contribution in [0.25, 0.3) is 0 Å². The molecule has 0 aliphatic carbocycles. The summed E-state index contributed by atoms with van der Waals surface area (Å²) in [4.78, 5) is 11.7. The smallest absolute Gasteiger partial charge is 0.315 e. The Balaban J connectivity index is 2.63. The molecule has 0 heterocycles. The van der Waals surface area contributed by atoms with Crippen molar-refractivity contribution in [1.29, 1.82) is 0 Å². The first-order valence-corrected chi connectivity index (χ1v) is 6.35. The van der Waals surface area contributed by atoms with E-state index in [1.165, 1.54) is 0 Å². The van der Waals surface area contributed by atoms with Gasteiger partial charge in [0.25, 0.3) is 0 Å². The van der Waals surface area contributed by atoms with Gasteiger partial charge in [-0.05, 0) is 18.9 Å². The van der Waals surface area contributed by atoms with E-state index in [-0.39, 0.29) is 12.6 Å². The zero-order chi connectivity index (χ0) is 13.4. The van der Waals surface area contributed by atoms with Crippen LogP contribution in [0.2, 0.25) is 0 Å². The van der Waals surface area contributed by atoms with E-state index in [1.54, 1.807) is 0 Å². The van der Waals surface area contributed by atoms with Gasteiger partial charge in [-0.1, -0.05) is 43.7 Å². The molecule has 0 radical (unpaired) electrons. The molecule has 0 aromatic heterocycles. The van der Waals surface area contributed by atoms with Crippen molar-refractivity contribution < 1.29 is 9.90 Å². The Bertz CT molecular complexity index is 367. The van der Waals surface area contributed by atoms with Crippen LogP contribution in [0, 0.1) is 0 Å². The SMILES string of the molecule is CCCCNC(=O)NC(C)(CO)c1ccccc1. The first-order valence-electron chi connectivity index (χ1n) is 6.35. The summed E-state index contributed by atoms with van der Waals surface area (Å²) < 4.78 is 0. The Morgan fingerprint density at radius 3 is 2.56 bits per heavy atom. The van der Waals surface area contributed by atoms with Crippen molar-refractivity contribution in [3.05, 3.63) is 35.9 Å². The van der Waals surface area contributed by atoms with Gasteiger partial charge >= 0.3 is 6.03 Å². The van der Waals surface area contributed by atoms with E-state index in [0.29, 0.717) is 6.54 Å². The van der Waals surface area contributed by atoms with Crippen molar-refractivity contribution >= 4 is 6.03 Å². The van der Waals surface area contributed by atoms with Gasteiger partial charge < -0.3 is 15.7 Å². The molecule has 2 amide bonds. The third-order valence-corrected chi connectivity index (χ3v) is 2.93. The topological polar surface area (TPSA) is 61.4 Å². The number of carbonyl (C=O) groups excluding carboxylic acids is 1. The second-order valence-corrected chi connectivity index (χ2v) is 4.59. The molecule has 0 saturated heterocycles. The van der Waals surface area contributed by atoms with Crippen LogP contribution < -0.4 is 10.6 Å². The summed E-state index contributed by atoms with van der Waals surface area (Å²) >= 11 is 0. The normalized spacial score (nSPS) is 13.7. The van der Waals surface area contributed by atoms with Gasteiger partial charge in [0.2, 0.25) is 0 Å². The number of benzene rings is 1. The highest BCUT2D eigenvalue weighted by atomic mass is 16.3. The number of urea groups is 1. The van der Waals surface area contributed by atoms with Gasteiger partial charge in [-0.3, -0.25) is 0 Å².